The number of hydrogen-bond donors (Lipinski definition) is 1. The summed E-state index contributed by atoms with van der Waals surface area (Å²) in [6.45, 7) is 2.67. The minimum absolute atomic E-state index is 0.587. The second-order valence-corrected chi connectivity index (χ2v) is 2.97. The summed E-state index contributed by atoms with van der Waals surface area (Å²) in [6.07, 6.45) is 2.25. The summed E-state index contributed by atoms with van der Waals surface area (Å²) in [4.78, 5) is 0. The Morgan fingerprint density at radius 1 is 1.47 bits per heavy atom. The van der Waals surface area contributed by atoms with E-state index in [9.17, 15) is 0 Å². The highest BCUT2D eigenvalue weighted by Gasteiger charge is 2.08. The molecule has 0 spiro atoms. The molecule has 0 aliphatic heterocycles. The molecule has 0 atom stereocenters. The molecule has 4 heteroatoms. The largest absolute Gasteiger partial charge is 0.492 e. The van der Waals surface area contributed by atoms with Crippen LogP contribution in [0, 0.1) is 0 Å². The topological polar surface area (TPSA) is 51.0 Å². The molecule has 4 nitrogen and oxygen atoms in total. The van der Waals surface area contributed by atoms with Crippen molar-refractivity contribution in [3.8, 4) is 11.5 Å². The van der Waals surface area contributed by atoms with Gasteiger partial charge in [0.1, 0.15) is 0 Å². The van der Waals surface area contributed by atoms with E-state index in [-0.39, 0.29) is 0 Å². The Balaban J connectivity index is 2.99. The van der Waals surface area contributed by atoms with E-state index < -0.39 is 0 Å². The zero-order valence-electron chi connectivity index (χ0n) is 8.93. The average molecular weight is 209 g/mol. The van der Waals surface area contributed by atoms with Gasteiger partial charge < -0.3 is 14.7 Å². The van der Waals surface area contributed by atoms with Gasteiger partial charge in [0.2, 0.25) is 0 Å². The highest BCUT2D eigenvalue weighted by molar-refractivity contribution is 5.84. The fourth-order valence-electron chi connectivity index (χ4n) is 1.24. The van der Waals surface area contributed by atoms with Crippen molar-refractivity contribution < 1.29 is 14.7 Å². The Kier molecular flexibility index (Phi) is 4.47. The summed E-state index contributed by atoms with van der Waals surface area (Å²) in [6, 6.07) is 5.44. The van der Waals surface area contributed by atoms with E-state index in [4.69, 9.17) is 14.7 Å². The third kappa shape index (κ3) is 2.87. The number of para-hydroxylation sites is 1. The molecule has 1 N–H and O–H groups in total. The van der Waals surface area contributed by atoms with E-state index in [0.717, 1.165) is 6.42 Å². The van der Waals surface area contributed by atoms with Crippen molar-refractivity contribution in [2.24, 2.45) is 5.16 Å². The van der Waals surface area contributed by atoms with Gasteiger partial charge in [-0.2, -0.15) is 0 Å². The van der Waals surface area contributed by atoms with Crippen LogP contribution in [0.15, 0.2) is 23.4 Å². The van der Waals surface area contributed by atoms with Crippen molar-refractivity contribution in [1.29, 1.82) is 0 Å². The van der Waals surface area contributed by atoms with Gasteiger partial charge in [0.05, 0.1) is 19.9 Å². The van der Waals surface area contributed by atoms with Crippen LogP contribution in [0.4, 0.5) is 0 Å². The lowest BCUT2D eigenvalue weighted by Gasteiger charge is -2.11. The Bertz CT molecular complexity index is 337. The standard InChI is InChI=1S/C11H15NO3/c1-3-7-15-10-6-4-5-9(8-12-13)11(10)14-2/h4-6,8,13H,3,7H2,1-2H3/b12-8+. The zero-order valence-corrected chi connectivity index (χ0v) is 8.93. The van der Waals surface area contributed by atoms with E-state index >= 15 is 0 Å². The molecule has 1 aromatic carbocycles. The maximum Gasteiger partial charge on any atom is 0.169 e. The van der Waals surface area contributed by atoms with Crippen molar-refractivity contribution >= 4 is 6.21 Å². The fraction of sp³-hybridized carbons (Fsp3) is 0.364. The van der Waals surface area contributed by atoms with Crippen molar-refractivity contribution in [1.82, 2.24) is 0 Å². The molecule has 0 saturated heterocycles. The van der Waals surface area contributed by atoms with Crippen LogP contribution < -0.4 is 9.47 Å². The quantitative estimate of drug-likeness (QED) is 0.460. The lowest BCUT2D eigenvalue weighted by molar-refractivity contribution is 0.294. The maximum atomic E-state index is 8.48. The van der Waals surface area contributed by atoms with Gasteiger partial charge in [-0.1, -0.05) is 18.1 Å². The van der Waals surface area contributed by atoms with E-state index in [2.05, 4.69) is 5.16 Å². The van der Waals surface area contributed by atoms with Crippen LogP contribution in [-0.4, -0.2) is 25.1 Å². The molecule has 0 aromatic heterocycles. The smallest absolute Gasteiger partial charge is 0.169 e. The third-order valence-corrected chi connectivity index (χ3v) is 1.87. The number of oxime groups is 1. The van der Waals surface area contributed by atoms with Crippen molar-refractivity contribution in [3.63, 3.8) is 0 Å². The maximum absolute atomic E-state index is 8.48. The second-order valence-electron chi connectivity index (χ2n) is 2.97. The normalized spacial score (nSPS) is 10.5. The fourth-order valence-corrected chi connectivity index (χ4v) is 1.24. The van der Waals surface area contributed by atoms with Crippen LogP contribution >= 0.6 is 0 Å². The van der Waals surface area contributed by atoms with Gasteiger partial charge in [-0.25, -0.2) is 0 Å². The van der Waals surface area contributed by atoms with Gasteiger partial charge in [-0.05, 0) is 18.6 Å². The van der Waals surface area contributed by atoms with Crippen LogP contribution in [-0.2, 0) is 0 Å². The van der Waals surface area contributed by atoms with E-state index in [1.165, 1.54) is 6.21 Å². The van der Waals surface area contributed by atoms with E-state index in [1.807, 2.05) is 19.1 Å². The number of methoxy groups -OCH3 is 1. The van der Waals surface area contributed by atoms with Crippen molar-refractivity contribution in [2.45, 2.75) is 13.3 Å². The Labute approximate surface area is 89.1 Å². The van der Waals surface area contributed by atoms with Crippen molar-refractivity contribution in [2.75, 3.05) is 13.7 Å². The van der Waals surface area contributed by atoms with E-state index in [0.29, 0.717) is 23.7 Å². The van der Waals surface area contributed by atoms with Crippen LogP contribution in [0.1, 0.15) is 18.9 Å². The summed E-state index contributed by atoms with van der Waals surface area (Å²) >= 11 is 0. The first kappa shape index (κ1) is 11.4. The number of nitrogens with zero attached hydrogens (tertiary/aromatic N) is 1. The number of benzene rings is 1. The summed E-state index contributed by atoms with van der Waals surface area (Å²) in [5, 5.41) is 11.5. The molecule has 0 fully saturated rings. The van der Waals surface area contributed by atoms with Gasteiger partial charge >= 0.3 is 0 Å². The molecule has 0 saturated carbocycles. The molecule has 82 valence electrons. The molecule has 0 aliphatic carbocycles. The third-order valence-electron chi connectivity index (χ3n) is 1.87. The summed E-state index contributed by atoms with van der Waals surface area (Å²) in [5.41, 5.74) is 0.689. The van der Waals surface area contributed by atoms with Crippen LogP contribution in [0.2, 0.25) is 0 Å². The van der Waals surface area contributed by atoms with E-state index in [1.54, 1.807) is 13.2 Å². The SMILES string of the molecule is CCCOc1cccc(/C=N/O)c1OC. The minimum atomic E-state index is 0.587. The predicted octanol–water partition coefficient (Wildman–Crippen LogP) is 2.29. The average Bonchev–Trinajstić information content (AvgIpc) is 2.27. The molecule has 0 heterocycles. The highest BCUT2D eigenvalue weighted by atomic mass is 16.5. The van der Waals surface area contributed by atoms with Gasteiger partial charge in [0.15, 0.2) is 11.5 Å². The Morgan fingerprint density at radius 2 is 2.27 bits per heavy atom. The first-order chi connectivity index (χ1) is 7.33. The first-order valence-corrected chi connectivity index (χ1v) is 4.80. The molecular formula is C11H15NO3. The summed E-state index contributed by atoms with van der Waals surface area (Å²) in [5.74, 6) is 1.25. The van der Waals surface area contributed by atoms with Crippen molar-refractivity contribution in [3.05, 3.63) is 23.8 Å². The molecule has 0 aliphatic rings. The number of hydrogen-bond acceptors (Lipinski definition) is 4. The number of rotatable bonds is 5. The minimum Gasteiger partial charge on any atom is -0.492 e. The van der Waals surface area contributed by atoms with Crippen LogP contribution in [0.5, 0.6) is 11.5 Å². The van der Waals surface area contributed by atoms with Crippen LogP contribution in [0.25, 0.3) is 0 Å². The van der Waals surface area contributed by atoms with Gasteiger partial charge in [-0.3, -0.25) is 0 Å². The zero-order chi connectivity index (χ0) is 11.1. The van der Waals surface area contributed by atoms with Gasteiger partial charge in [0.25, 0.3) is 0 Å². The molecule has 15 heavy (non-hydrogen) atoms. The monoisotopic (exact) mass is 209 g/mol. The molecule has 1 rings (SSSR count). The Morgan fingerprint density at radius 3 is 2.87 bits per heavy atom. The van der Waals surface area contributed by atoms with Gasteiger partial charge in [-0.15, -0.1) is 0 Å². The number of ether oxygens (including phenoxy) is 2. The molecule has 0 unspecified atom stereocenters. The lowest BCUT2D eigenvalue weighted by Crippen LogP contribution is -1.99. The summed E-state index contributed by atoms with van der Waals surface area (Å²) in [7, 11) is 1.56. The molecule has 1 aromatic rings. The summed E-state index contributed by atoms with van der Waals surface area (Å²) < 4.78 is 10.7. The lowest BCUT2D eigenvalue weighted by atomic mass is 10.2. The van der Waals surface area contributed by atoms with Gasteiger partial charge in [0, 0.05) is 5.56 Å². The Hall–Kier alpha value is -1.71. The molecular weight excluding hydrogens is 194 g/mol. The van der Waals surface area contributed by atoms with Crippen LogP contribution in [0.3, 0.4) is 0 Å². The molecule has 0 bridgehead atoms. The first-order valence-electron chi connectivity index (χ1n) is 4.80. The predicted molar refractivity (Wildman–Crippen MR) is 58.2 cm³/mol. The highest BCUT2D eigenvalue weighted by Crippen LogP contribution is 2.29. The second kappa shape index (κ2) is 5.90. The molecule has 0 radical (unpaired) electrons. The molecule has 0 amide bonds.